The molecule has 1 aromatic heterocycles. The Labute approximate surface area is 144 Å². The first-order valence-electron chi connectivity index (χ1n) is 7.10. The number of carbonyl (C=O) groups excluding carboxylic acids is 1. The Bertz CT molecular complexity index is 858. The molecule has 1 heterocycles. The number of amides is 1. The van der Waals surface area contributed by atoms with E-state index in [0.717, 1.165) is 16.9 Å². The van der Waals surface area contributed by atoms with Crippen LogP contribution in [0, 0.1) is 10.1 Å². The fourth-order valence-electron chi connectivity index (χ4n) is 1.88. The smallest absolute Gasteiger partial charge is 0.271 e. The number of allylic oxidation sites excluding steroid dienone is 1. The quantitative estimate of drug-likeness (QED) is 0.482. The average Bonchev–Trinajstić information content (AvgIpc) is 3.03. The molecule has 0 saturated carbocycles. The lowest BCUT2D eigenvalue weighted by Crippen LogP contribution is -2.23. The maximum Gasteiger partial charge on any atom is 0.435 e. The molecule has 1 aromatic carbocycles. The van der Waals surface area contributed by atoms with Crippen molar-refractivity contribution >= 4 is 23.9 Å². The number of halogens is 3. The van der Waals surface area contributed by atoms with Crippen molar-refractivity contribution in [2.45, 2.75) is 12.7 Å². The van der Waals surface area contributed by atoms with Gasteiger partial charge in [-0.2, -0.15) is 23.4 Å². The van der Waals surface area contributed by atoms with Crippen molar-refractivity contribution in [1.29, 1.82) is 0 Å². The molecule has 0 aliphatic heterocycles. The molecule has 0 unspecified atom stereocenters. The van der Waals surface area contributed by atoms with Gasteiger partial charge in [-0.3, -0.25) is 19.6 Å². The van der Waals surface area contributed by atoms with Crippen molar-refractivity contribution in [1.82, 2.24) is 15.2 Å². The van der Waals surface area contributed by atoms with Gasteiger partial charge in [-0.1, -0.05) is 12.1 Å². The van der Waals surface area contributed by atoms with E-state index in [0.29, 0.717) is 5.56 Å². The molecular formula is C15H12F3N5O3. The van der Waals surface area contributed by atoms with E-state index in [-0.39, 0.29) is 5.69 Å². The van der Waals surface area contributed by atoms with Crippen molar-refractivity contribution in [3.05, 3.63) is 64.0 Å². The fourth-order valence-corrected chi connectivity index (χ4v) is 1.88. The molecule has 1 N–H and O–H groups in total. The Morgan fingerprint density at radius 1 is 1.35 bits per heavy atom. The number of carbonyl (C=O) groups is 1. The lowest BCUT2D eigenvalue weighted by atomic mass is 10.2. The van der Waals surface area contributed by atoms with Gasteiger partial charge in [0.1, 0.15) is 6.54 Å². The molecule has 0 bridgehead atoms. The largest absolute Gasteiger partial charge is 0.435 e. The van der Waals surface area contributed by atoms with Crippen LogP contribution in [-0.4, -0.2) is 26.8 Å². The SMILES string of the molecule is O=C(Cn1ccc(C(F)(F)F)n1)N/N=C\C=C\c1ccccc1[N+](=O)[O-]. The van der Waals surface area contributed by atoms with E-state index in [4.69, 9.17) is 0 Å². The summed E-state index contributed by atoms with van der Waals surface area (Å²) in [6, 6.07) is 6.80. The highest BCUT2D eigenvalue weighted by atomic mass is 19.4. The van der Waals surface area contributed by atoms with E-state index in [1.54, 1.807) is 6.07 Å². The molecule has 11 heteroatoms. The summed E-state index contributed by atoms with van der Waals surface area (Å²) in [4.78, 5) is 21.9. The summed E-state index contributed by atoms with van der Waals surface area (Å²) in [7, 11) is 0. The highest BCUT2D eigenvalue weighted by Gasteiger charge is 2.33. The zero-order chi connectivity index (χ0) is 19.2. The number of aromatic nitrogens is 2. The average molecular weight is 367 g/mol. The number of para-hydroxylation sites is 1. The normalized spacial score (nSPS) is 12.0. The van der Waals surface area contributed by atoms with Crippen LogP contribution in [0.4, 0.5) is 18.9 Å². The number of hydrazone groups is 1. The van der Waals surface area contributed by atoms with Gasteiger partial charge in [0.15, 0.2) is 5.69 Å². The molecule has 0 fully saturated rings. The van der Waals surface area contributed by atoms with Crippen LogP contribution in [0.2, 0.25) is 0 Å². The molecule has 1 amide bonds. The van der Waals surface area contributed by atoms with Crippen molar-refractivity contribution in [2.24, 2.45) is 5.10 Å². The zero-order valence-corrected chi connectivity index (χ0v) is 13.1. The minimum absolute atomic E-state index is 0.0830. The van der Waals surface area contributed by atoms with Gasteiger partial charge in [0.25, 0.3) is 11.6 Å². The van der Waals surface area contributed by atoms with E-state index in [1.165, 1.54) is 36.6 Å². The zero-order valence-electron chi connectivity index (χ0n) is 13.1. The molecule has 8 nitrogen and oxygen atoms in total. The third-order valence-electron chi connectivity index (χ3n) is 3.00. The molecule has 2 rings (SSSR count). The molecule has 0 aliphatic carbocycles. The molecular weight excluding hydrogens is 355 g/mol. The van der Waals surface area contributed by atoms with E-state index >= 15 is 0 Å². The number of hydrogen-bond acceptors (Lipinski definition) is 5. The van der Waals surface area contributed by atoms with Gasteiger partial charge in [0.05, 0.1) is 10.5 Å². The topological polar surface area (TPSA) is 102 Å². The number of nitrogens with zero attached hydrogens (tertiary/aromatic N) is 4. The summed E-state index contributed by atoms with van der Waals surface area (Å²) in [6.45, 7) is -0.443. The number of nitro groups is 1. The third-order valence-corrected chi connectivity index (χ3v) is 3.00. The van der Waals surface area contributed by atoms with Crippen molar-refractivity contribution in [3.63, 3.8) is 0 Å². The van der Waals surface area contributed by atoms with Gasteiger partial charge < -0.3 is 0 Å². The maximum atomic E-state index is 12.4. The summed E-state index contributed by atoms with van der Waals surface area (Å²) in [6.07, 6.45) is 0.430. The number of hydrogen-bond donors (Lipinski definition) is 1. The monoisotopic (exact) mass is 367 g/mol. The van der Waals surface area contributed by atoms with Gasteiger partial charge in [0, 0.05) is 18.5 Å². The number of nitro benzene ring substituents is 1. The molecule has 2 aromatic rings. The number of alkyl halides is 3. The van der Waals surface area contributed by atoms with Gasteiger partial charge in [-0.15, -0.1) is 0 Å². The third kappa shape index (κ3) is 5.26. The maximum absolute atomic E-state index is 12.4. The Kier molecular flexibility index (Phi) is 5.83. The Morgan fingerprint density at radius 2 is 2.08 bits per heavy atom. The standard InChI is InChI=1S/C15H12F3N5O3/c16-15(17,18)13-7-9-22(21-13)10-14(24)20-19-8-3-5-11-4-1-2-6-12(11)23(25)26/h1-9H,10H2,(H,20,24)/b5-3+,19-8-. The first kappa shape index (κ1) is 18.8. The van der Waals surface area contributed by atoms with Crippen LogP contribution in [0.1, 0.15) is 11.3 Å². The number of nitrogens with one attached hydrogen (secondary N) is 1. The van der Waals surface area contributed by atoms with Crippen LogP contribution in [0.25, 0.3) is 6.08 Å². The lowest BCUT2D eigenvalue weighted by molar-refractivity contribution is -0.385. The Balaban J connectivity index is 1.88. The Morgan fingerprint density at radius 3 is 2.73 bits per heavy atom. The fraction of sp³-hybridized carbons (Fsp3) is 0.133. The van der Waals surface area contributed by atoms with E-state index in [2.05, 4.69) is 15.6 Å². The lowest BCUT2D eigenvalue weighted by Gasteiger charge is -2.02. The first-order valence-corrected chi connectivity index (χ1v) is 7.10. The highest BCUT2D eigenvalue weighted by Crippen LogP contribution is 2.27. The second kappa shape index (κ2) is 8.05. The van der Waals surface area contributed by atoms with Crippen molar-refractivity contribution in [2.75, 3.05) is 0 Å². The Hall–Kier alpha value is -3.50. The molecule has 0 radical (unpaired) electrons. The van der Waals surface area contributed by atoms with Gasteiger partial charge in [-0.05, 0) is 24.3 Å². The van der Waals surface area contributed by atoms with Gasteiger partial charge in [0.2, 0.25) is 0 Å². The minimum atomic E-state index is -4.58. The molecule has 0 atom stereocenters. The second-order valence-electron chi connectivity index (χ2n) is 4.88. The minimum Gasteiger partial charge on any atom is -0.271 e. The van der Waals surface area contributed by atoms with Crippen LogP contribution in [-0.2, 0) is 17.5 Å². The summed E-state index contributed by atoms with van der Waals surface area (Å²) in [5.41, 5.74) is 1.28. The number of benzene rings is 1. The van der Waals surface area contributed by atoms with Crippen LogP contribution < -0.4 is 5.43 Å². The molecule has 0 spiro atoms. The summed E-state index contributed by atoms with van der Waals surface area (Å²) in [5, 5.41) is 17.6. The molecule has 26 heavy (non-hydrogen) atoms. The van der Waals surface area contributed by atoms with Gasteiger partial charge >= 0.3 is 6.18 Å². The van der Waals surface area contributed by atoms with Crippen molar-refractivity contribution < 1.29 is 22.9 Å². The molecule has 0 saturated heterocycles. The van der Waals surface area contributed by atoms with E-state index in [1.807, 2.05) is 0 Å². The van der Waals surface area contributed by atoms with E-state index < -0.39 is 29.2 Å². The molecule has 136 valence electrons. The predicted octanol–water partition coefficient (Wildman–Crippen LogP) is 2.63. The molecule has 0 aliphatic rings. The predicted molar refractivity (Wildman–Crippen MR) is 86.0 cm³/mol. The van der Waals surface area contributed by atoms with Gasteiger partial charge in [-0.25, -0.2) is 5.43 Å². The van der Waals surface area contributed by atoms with Crippen molar-refractivity contribution in [3.8, 4) is 0 Å². The highest BCUT2D eigenvalue weighted by molar-refractivity contribution is 5.82. The summed E-state index contributed by atoms with van der Waals surface area (Å²) in [5.74, 6) is -0.683. The second-order valence-corrected chi connectivity index (χ2v) is 4.88. The van der Waals surface area contributed by atoms with Crippen LogP contribution in [0.15, 0.2) is 47.7 Å². The number of rotatable bonds is 6. The first-order chi connectivity index (χ1) is 12.3. The van der Waals surface area contributed by atoms with E-state index in [9.17, 15) is 28.1 Å². The summed E-state index contributed by atoms with van der Waals surface area (Å²) < 4.78 is 38.0. The van der Waals surface area contributed by atoms with Crippen LogP contribution in [0.3, 0.4) is 0 Å². The van der Waals surface area contributed by atoms with Crippen LogP contribution >= 0.6 is 0 Å². The summed E-state index contributed by atoms with van der Waals surface area (Å²) >= 11 is 0. The van der Waals surface area contributed by atoms with Crippen LogP contribution in [0.5, 0.6) is 0 Å².